The molecule has 2 aliphatic rings. The largest absolute Gasteiger partial charge is 0.445 e. The normalized spacial score (nSPS) is 21.5. The van der Waals surface area contributed by atoms with E-state index < -0.39 is 0 Å². The second-order valence-electron chi connectivity index (χ2n) is 7.04. The Morgan fingerprint density at radius 2 is 1.93 bits per heavy atom. The van der Waals surface area contributed by atoms with Gasteiger partial charge in [-0.1, -0.05) is 54.1 Å². The van der Waals surface area contributed by atoms with Crippen LogP contribution in [-0.2, 0) is 22.5 Å². The molecule has 0 spiro atoms. The molecule has 1 fully saturated rings. The highest BCUT2D eigenvalue weighted by atomic mass is 19.1. The van der Waals surface area contributed by atoms with Crippen LogP contribution in [0, 0.1) is 5.82 Å². The van der Waals surface area contributed by atoms with Crippen LogP contribution in [0.2, 0.25) is 0 Å². The zero-order chi connectivity index (χ0) is 18.6. The van der Waals surface area contributed by atoms with Crippen molar-refractivity contribution in [3.63, 3.8) is 0 Å². The Kier molecular flexibility index (Phi) is 5.21. The van der Waals surface area contributed by atoms with Gasteiger partial charge in [-0.05, 0) is 36.1 Å². The molecule has 0 saturated carbocycles. The lowest BCUT2D eigenvalue weighted by atomic mass is 9.90. The Morgan fingerprint density at radius 1 is 1.11 bits per heavy atom. The number of carbonyl (C=O) groups is 1. The van der Waals surface area contributed by atoms with E-state index in [0.29, 0.717) is 26.1 Å². The number of carbonyl (C=O) groups excluding carboxylic acids is 1. The van der Waals surface area contributed by atoms with Crippen molar-refractivity contribution >= 4 is 6.09 Å². The van der Waals surface area contributed by atoms with E-state index in [4.69, 9.17) is 9.47 Å². The lowest BCUT2D eigenvalue weighted by molar-refractivity contribution is -0.0374. The SMILES string of the molecule is O=C(OCc1ccccc1)N1C2C=C(Cc3cccc(F)c3)CC1COC2. The van der Waals surface area contributed by atoms with Crippen molar-refractivity contribution in [3.8, 4) is 0 Å². The summed E-state index contributed by atoms with van der Waals surface area (Å²) in [7, 11) is 0. The van der Waals surface area contributed by atoms with Crippen molar-refractivity contribution in [1.29, 1.82) is 0 Å². The quantitative estimate of drug-likeness (QED) is 0.764. The molecular formula is C22H22FNO3. The van der Waals surface area contributed by atoms with E-state index in [1.165, 1.54) is 11.6 Å². The molecule has 27 heavy (non-hydrogen) atoms. The van der Waals surface area contributed by atoms with Crippen molar-refractivity contribution in [2.45, 2.75) is 31.5 Å². The predicted molar refractivity (Wildman–Crippen MR) is 99.7 cm³/mol. The van der Waals surface area contributed by atoms with E-state index in [0.717, 1.165) is 11.1 Å². The summed E-state index contributed by atoms with van der Waals surface area (Å²) in [5, 5.41) is 0. The van der Waals surface area contributed by atoms with Crippen molar-refractivity contribution in [1.82, 2.24) is 4.90 Å². The molecule has 2 atom stereocenters. The van der Waals surface area contributed by atoms with Gasteiger partial charge in [0.15, 0.2) is 0 Å². The molecule has 4 nitrogen and oxygen atoms in total. The van der Waals surface area contributed by atoms with Gasteiger partial charge in [-0.3, -0.25) is 4.90 Å². The first-order valence-electron chi connectivity index (χ1n) is 9.20. The molecule has 140 valence electrons. The second-order valence-corrected chi connectivity index (χ2v) is 7.04. The van der Waals surface area contributed by atoms with Crippen LogP contribution in [0.1, 0.15) is 17.5 Å². The summed E-state index contributed by atoms with van der Waals surface area (Å²) in [6.07, 6.45) is 3.17. The fourth-order valence-electron chi connectivity index (χ4n) is 3.80. The standard InChI is InChI=1S/C22H22FNO3/c23-19-8-4-7-17(10-19)9-18-11-20-14-26-15-21(12-18)24(20)22(25)27-13-16-5-2-1-3-6-16/h1-8,10-11,20-21H,9,12-15H2. The number of benzene rings is 2. The van der Waals surface area contributed by atoms with Gasteiger partial charge in [-0.2, -0.15) is 0 Å². The summed E-state index contributed by atoms with van der Waals surface area (Å²) in [5.74, 6) is -0.224. The van der Waals surface area contributed by atoms with E-state index >= 15 is 0 Å². The van der Waals surface area contributed by atoms with Gasteiger partial charge in [0.2, 0.25) is 0 Å². The fraction of sp³-hybridized carbons (Fsp3) is 0.318. The maximum atomic E-state index is 13.4. The summed E-state index contributed by atoms with van der Waals surface area (Å²) in [6.45, 7) is 1.22. The van der Waals surface area contributed by atoms with Crippen LogP contribution in [-0.4, -0.2) is 36.3 Å². The summed E-state index contributed by atoms with van der Waals surface area (Å²) < 4.78 is 24.6. The Morgan fingerprint density at radius 3 is 2.70 bits per heavy atom. The van der Waals surface area contributed by atoms with Crippen molar-refractivity contribution in [3.05, 3.63) is 83.2 Å². The van der Waals surface area contributed by atoms with Crippen molar-refractivity contribution in [2.24, 2.45) is 0 Å². The van der Waals surface area contributed by atoms with Crippen LogP contribution in [0.5, 0.6) is 0 Å². The molecule has 0 N–H and O–H groups in total. The number of halogens is 1. The molecule has 0 radical (unpaired) electrons. The van der Waals surface area contributed by atoms with Gasteiger partial charge in [0.25, 0.3) is 0 Å². The second kappa shape index (κ2) is 7.92. The number of morpholine rings is 1. The number of nitrogens with zero attached hydrogens (tertiary/aromatic N) is 1. The molecule has 2 aliphatic heterocycles. The van der Waals surface area contributed by atoms with Crippen LogP contribution in [0.15, 0.2) is 66.2 Å². The maximum absolute atomic E-state index is 13.4. The summed E-state index contributed by atoms with van der Waals surface area (Å²) in [6, 6.07) is 16.1. The highest BCUT2D eigenvalue weighted by Gasteiger charge is 2.38. The Hall–Kier alpha value is -2.66. The monoisotopic (exact) mass is 367 g/mol. The first kappa shape index (κ1) is 17.7. The number of fused-ring (bicyclic) bond motifs is 2. The third-order valence-corrected chi connectivity index (χ3v) is 5.01. The molecule has 0 aromatic heterocycles. The molecule has 5 heteroatoms. The third kappa shape index (κ3) is 4.19. The Balaban J connectivity index is 1.44. The minimum absolute atomic E-state index is 0.0411. The number of amides is 1. The topological polar surface area (TPSA) is 38.8 Å². The van der Waals surface area contributed by atoms with E-state index in [2.05, 4.69) is 6.08 Å². The fourth-order valence-corrected chi connectivity index (χ4v) is 3.80. The molecule has 2 heterocycles. The molecule has 1 saturated heterocycles. The van der Waals surface area contributed by atoms with Crippen LogP contribution < -0.4 is 0 Å². The van der Waals surface area contributed by atoms with E-state index in [9.17, 15) is 9.18 Å². The van der Waals surface area contributed by atoms with Crippen LogP contribution in [0.25, 0.3) is 0 Å². The lowest BCUT2D eigenvalue weighted by Gasteiger charge is -2.43. The average Bonchev–Trinajstić information content (AvgIpc) is 2.66. The Bertz CT molecular complexity index is 836. The molecule has 2 aromatic carbocycles. The molecule has 2 aromatic rings. The molecule has 4 rings (SSSR count). The minimum atomic E-state index is -0.307. The first-order valence-corrected chi connectivity index (χ1v) is 9.20. The van der Waals surface area contributed by atoms with Gasteiger partial charge in [0.1, 0.15) is 12.4 Å². The lowest BCUT2D eigenvalue weighted by Crippen LogP contribution is -2.56. The van der Waals surface area contributed by atoms with Gasteiger partial charge >= 0.3 is 6.09 Å². The number of rotatable bonds is 4. The zero-order valence-electron chi connectivity index (χ0n) is 15.0. The molecule has 2 unspecified atom stereocenters. The smallest absolute Gasteiger partial charge is 0.411 e. The molecule has 0 aliphatic carbocycles. The van der Waals surface area contributed by atoms with Gasteiger partial charge < -0.3 is 9.47 Å². The van der Waals surface area contributed by atoms with Crippen LogP contribution >= 0.6 is 0 Å². The number of ether oxygens (including phenoxy) is 2. The van der Waals surface area contributed by atoms with Crippen LogP contribution in [0.4, 0.5) is 9.18 Å². The summed E-state index contributed by atoms with van der Waals surface area (Å²) in [5.41, 5.74) is 3.12. The predicted octanol–water partition coefficient (Wildman–Crippen LogP) is 4.10. The number of hydrogen-bond donors (Lipinski definition) is 0. The molecular weight excluding hydrogens is 345 g/mol. The van der Waals surface area contributed by atoms with Gasteiger partial charge in [0.05, 0.1) is 25.3 Å². The van der Waals surface area contributed by atoms with Gasteiger partial charge in [-0.25, -0.2) is 9.18 Å². The summed E-state index contributed by atoms with van der Waals surface area (Å²) in [4.78, 5) is 14.5. The zero-order valence-corrected chi connectivity index (χ0v) is 15.0. The van der Waals surface area contributed by atoms with E-state index in [1.54, 1.807) is 17.0 Å². The minimum Gasteiger partial charge on any atom is -0.445 e. The third-order valence-electron chi connectivity index (χ3n) is 5.01. The van der Waals surface area contributed by atoms with Crippen LogP contribution in [0.3, 0.4) is 0 Å². The average molecular weight is 367 g/mol. The van der Waals surface area contributed by atoms with Crippen molar-refractivity contribution < 1.29 is 18.7 Å². The van der Waals surface area contributed by atoms with Crippen molar-refractivity contribution in [2.75, 3.05) is 13.2 Å². The van der Waals surface area contributed by atoms with Gasteiger partial charge in [0, 0.05) is 0 Å². The molecule has 2 bridgehead atoms. The highest BCUT2D eigenvalue weighted by Crippen LogP contribution is 2.29. The van der Waals surface area contributed by atoms with Gasteiger partial charge in [-0.15, -0.1) is 0 Å². The first-order chi connectivity index (χ1) is 13.2. The molecule has 1 amide bonds. The number of hydrogen-bond acceptors (Lipinski definition) is 3. The van der Waals surface area contributed by atoms with E-state index in [1.807, 2.05) is 36.4 Å². The maximum Gasteiger partial charge on any atom is 0.411 e. The highest BCUT2D eigenvalue weighted by molar-refractivity contribution is 5.69. The Labute approximate surface area is 158 Å². The summed E-state index contributed by atoms with van der Waals surface area (Å²) >= 11 is 0. The van der Waals surface area contributed by atoms with E-state index in [-0.39, 0.29) is 30.6 Å².